The molecule has 0 aromatic rings. The molecule has 0 saturated carbocycles. The Kier molecular flexibility index (Phi) is 4.16. The van der Waals surface area contributed by atoms with Crippen LogP contribution < -0.4 is 6.15 Å². The van der Waals surface area contributed by atoms with E-state index in [2.05, 4.69) is 4.62 Å². The molecular formula is H5N2O6P. The maximum atomic E-state index is 9.47. The molecule has 0 spiro atoms. The first-order valence-electron chi connectivity index (χ1n) is 1.31. The van der Waals surface area contributed by atoms with Crippen molar-refractivity contribution in [2.24, 2.45) is 0 Å². The Morgan fingerprint density at radius 2 is 1.89 bits per heavy atom. The predicted molar refractivity (Wildman–Crippen MR) is 25.1 cm³/mol. The van der Waals surface area contributed by atoms with Crippen LogP contribution in [-0.2, 0) is 9.19 Å². The number of hydrogen-bond donors (Lipinski definition) is 3. The van der Waals surface area contributed by atoms with Crippen molar-refractivity contribution in [2.45, 2.75) is 0 Å². The van der Waals surface area contributed by atoms with Gasteiger partial charge < -0.3 is 15.9 Å². The highest BCUT2D eigenvalue weighted by Crippen LogP contribution is 2.35. The minimum atomic E-state index is -4.92. The Morgan fingerprint density at radius 3 is 1.89 bits per heavy atom. The fourth-order valence-electron chi connectivity index (χ4n) is 0.0868. The lowest BCUT2D eigenvalue weighted by Gasteiger charge is -1.95. The van der Waals surface area contributed by atoms with Crippen LogP contribution in [0.5, 0.6) is 0 Å². The van der Waals surface area contributed by atoms with Crippen molar-refractivity contribution < 1.29 is 24.1 Å². The number of hydrogen-bond acceptors (Lipinski definition) is 5. The normalized spacial score (nSPS) is 9.56. The second-order valence-corrected chi connectivity index (χ2v) is 1.94. The van der Waals surface area contributed by atoms with Crippen LogP contribution in [0.25, 0.3) is 0 Å². The molecule has 0 aromatic carbocycles. The SMILES string of the molecule is N.O=[N+]([O-])OP(=O)(O)O. The molecule has 8 nitrogen and oxygen atoms in total. The van der Waals surface area contributed by atoms with E-state index in [1.165, 1.54) is 0 Å². The van der Waals surface area contributed by atoms with E-state index < -0.39 is 12.9 Å². The molecule has 0 atom stereocenters. The maximum absolute atomic E-state index is 9.47. The molecule has 0 unspecified atom stereocenters. The maximum Gasteiger partial charge on any atom is 0.501 e. The van der Waals surface area contributed by atoms with Crippen LogP contribution in [0.4, 0.5) is 0 Å². The van der Waals surface area contributed by atoms with Crippen LogP contribution in [0.1, 0.15) is 0 Å². The van der Waals surface area contributed by atoms with E-state index in [1.54, 1.807) is 0 Å². The van der Waals surface area contributed by atoms with E-state index in [0.29, 0.717) is 0 Å². The highest BCUT2D eigenvalue weighted by Gasteiger charge is 2.17. The van der Waals surface area contributed by atoms with E-state index in [0.717, 1.165) is 0 Å². The summed E-state index contributed by atoms with van der Waals surface area (Å²) in [4.78, 5) is 24.4. The van der Waals surface area contributed by atoms with E-state index in [1.807, 2.05) is 0 Å². The second kappa shape index (κ2) is 3.36. The molecule has 0 radical (unpaired) electrons. The molecule has 0 aliphatic rings. The van der Waals surface area contributed by atoms with Gasteiger partial charge >= 0.3 is 12.9 Å². The predicted octanol–water partition coefficient (Wildman–Crippen LogP) is -0.551. The van der Waals surface area contributed by atoms with Crippen molar-refractivity contribution in [3.8, 4) is 0 Å². The van der Waals surface area contributed by atoms with Crippen LogP contribution in [0, 0.1) is 10.1 Å². The van der Waals surface area contributed by atoms with Crippen molar-refractivity contribution in [3.63, 3.8) is 0 Å². The van der Waals surface area contributed by atoms with Gasteiger partial charge in [0.25, 0.3) is 0 Å². The van der Waals surface area contributed by atoms with Gasteiger partial charge in [0.2, 0.25) is 0 Å². The Balaban J connectivity index is 0. The minimum absolute atomic E-state index is 0. The molecule has 9 heavy (non-hydrogen) atoms. The standard InChI is InChI=1S/H2NO6P.H3N/c2-1(3)7-8(4,5)6;/h(H2,4,5,6);1H3. The molecule has 0 fully saturated rings. The highest BCUT2D eigenvalue weighted by atomic mass is 31.2. The molecular weight excluding hydrogens is 155 g/mol. The number of rotatable bonds is 2. The van der Waals surface area contributed by atoms with Gasteiger partial charge in [-0.05, 0) is 0 Å². The summed E-state index contributed by atoms with van der Waals surface area (Å²) >= 11 is 0. The lowest BCUT2D eigenvalue weighted by atomic mass is 13.1. The minimum Gasteiger partial charge on any atom is -0.344 e. The van der Waals surface area contributed by atoms with Crippen LogP contribution in [0.3, 0.4) is 0 Å². The van der Waals surface area contributed by atoms with Crippen LogP contribution in [0.15, 0.2) is 0 Å². The lowest BCUT2D eigenvalue weighted by molar-refractivity contribution is -0.718. The Hall–Kier alpha value is -0.690. The smallest absolute Gasteiger partial charge is 0.344 e. The summed E-state index contributed by atoms with van der Waals surface area (Å²) < 4.78 is 12.3. The molecule has 0 aromatic heterocycles. The third-order valence-corrected chi connectivity index (χ3v) is 0.519. The number of phosphoric acid groups is 1. The monoisotopic (exact) mass is 160 g/mol. The van der Waals surface area contributed by atoms with Crippen LogP contribution >= 0.6 is 7.82 Å². The van der Waals surface area contributed by atoms with Gasteiger partial charge in [-0.25, -0.2) is 4.57 Å². The second-order valence-electron chi connectivity index (χ2n) is 0.796. The van der Waals surface area contributed by atoms with Gasteiger partial charge in [0.05, 0.1) is 0 Å². The number of nitrogens with zero attached hydrogens (tertiary/aromatic N) is 1. The van der Waals surface area contributed by atoms with Gasteiger partial charge in [-0.3, -0.25) is 0 Å². The fourth-order valence-corrected chi connectivity index (χ4v) is 0.261. The fraction of sp³-hybridized carbons (Fsp3) is 0. The van der Waals surface area contributed by atoms with Gasteiger partial charge in [0.15, 0.2) is 0 Å². The van der Waals surface area contributed by atoms with Crippen molar-refractivity contribution in [1.82, 2.24) is 6.15 Å². The third-order valence-electron chi connectivity index (χ3n) is 0.173. The Labute approximate surface area is 49.4 Å². The molecule has 5 N–H and O–H groups in total. The van der Waals surface area contributed by atoms with E-state index >= 15 is 0 Å². The summed E-state index contributed by atoms with van der Waals surface area (Å²) in [6.07, 6.45) is 0. The van der Waals surface area contributed by atoms with Crippen molar-refractivity contribution >= 4 is 7.82 Å². The van der Waals surface area contributed by atoms with E-state index in [4.69, 9.17) is 19.9 Å². The summed E-state index contributed by atoms with van der Waals surface area (Å²) in [5.41, 5.74) is 0. The molecule has 0 amide bonds. The first-order valence-corrected chi connectivity index (χ1v) is 2.84. The first kappa shape index (κ1) is 11.2. The molecule has 56 valence electrons. The summed E-state index contributed by atoms with van der Waals surface area (Å²) in [5, 5.41) is 7.55. The van der Waals surface area contributed by atoms with Crippen molar-refractivity contribution in [3.05, 3.63) is 10.1 Å². The largest absolute Gasteiger partial charge is 0.501 e. The highest BCUT2D eigenvalue weighted by molar-refractivity contribution is 7.46. The van der Waals surface area contributed by atoms with Crippen LogP contribution in [-0.4, -0.2) is 14.9 Å². The molecule has 0 aliphatic heterocycles. The average Bonchev–Trinajstić information content (AvgIpc) is 1.21. The average molecular weight is 160 g/mol. The van der Waals surface area contributed by atoms with E-state index in [-0.39, 0.29) is 6.15 Å². The van der Waals surface area contributed by atoms with Gasteiger partial charge in [0.1, 0.15) is 0 Å². The molecule has 0 rings (SSSR count). The Morgan fingerprint density at radius 1 is 1.56 bits per heavy atom. The van der Waals surface area contributed by atoms with Crippen molar-refractivity contribution in [1.29, 1.82) is 0 Å². The van der Waals surface area contributed by atoms with Gasteiger partial charge in [-0.2, -0.15) is 4.62 Å². The molecule has 0 aliphatic carbocycles. The zero-order chi connectivity index (χ0) is 6.78. The molecule has 0 saturated heterocycles. The summed E-state index contributed by atoms with van der Waals surface area (Å²) in [6.45, 7) is 0. The summed E-state index contributed by atoms with van der Waals surface area (Å²) in [7, 11) is -4.92. The van der Waals surface area contributed by atoms with Gasteiger partial charge in [0, 0.05) is 0 Å². The van der Waals surface area contributed by atoms with Crippen molar-refractivity contribution in [2.75, 3.05) is 0 Å². The van der Waals surface area contributed by atoms with Gasteiger partial charge in [-0.15, -0.1) is 10.1 Å². The zero-order valence-electron chi connectivity index (χ0n) is 4.13. The lowest BCUT2D eigenvalue weighted by Crippen LogP contribution is -1.96. The molecule has 9 heteroatoms. The zero-order valence-corrected chi connectivity index (χ0v) is 5.02. The van der Waals surface area contributed by atoms with Gasteiger partial charge in [-0.1, -0.05) is 0 Å². The van der Waals surface area contributed by atoms with E-state index in [9.17, 15) is 4.57 Å². The first-order chi connectivity index (χ1) is 3.42. The third kappa shape index (κ3) is 11.1. The molecule has 0 bridgehead atoms. The summed E-state index contributed by atoms with van der Waals surface area (Å²) in [6, 6.07) is 0. The van der Waals surface area contributed by atoms with Crippen LogP contribution in [0.2, 0.25) is 0 Å². The quantitative estimate of drug-likeness (QED) is 0.279. The topological polar surface area (TPSA) is 145 Å². The summed E-state index contributed by atoms with van der Waals surface area (Å²) in [5.74, 6) is 0. The molecule has 0 heterocycles. The Bertz CT molecular complexity index is 134.